The second-order valence-corrected chi connectivity index (χ2v) is 6.71. The highest BCUT2D eigenvalue weighted by molar-refractivity contribution is 5.87. The van der Waals surface area contributed by atoms with Crippen molar-refractivity contribution in [3.05, 3.63) is 31.2 Å². The van der Waals surface area contributed by atoms with E-state index in [0.717, 1.165) is 66.6 Å². The van der Waals surface area contributed by atoms with E-state index >= 15 is 0 Å². The Bertz CT molecular complexity index is 1100. The SMILES string of the molecule is COCCn1cnc2c(N3CCN(c4ncnc5[nH]ccc45)CC3)ncnc21. The smallest absolute Gasteiger partial charge is 0.165 e. The standard InChI is InChI=1S/C18H21N9O/c1-28-9-8-27-12-24-14-17(22-11-23-18(14)27)26-6-4-25(5-7-26)16-13-2-3-19-15(13)20-10-21-16/h2-3,10-12H,4-9H2,1H3,(H,19,20,21). The number of nitrogens with one attached hydrogen (secondary N) is 1. The highest BCUT2D eigenvalue weighted by Gasteiger charge is 2.23. The molecule has 0 spiro atoms. The minimum atomic E-state index is 0.621. The molecule has 0 aromatic carbocycles. The molecule has 4 aromatic heterocycles. The molecule has 10 heteroatoms. The monoisotopic (exact) mass is 379 g/mol. The Morgan fingerprint density at radius 2 is 1.71 bits per heavy atom. The first-order valence-electron chi connectivity index (χ1n) is 9.28. The van der Waals surface area contributed by atoms with Gasteiger partial charge in [-0.25, -0.2) is 24.9 Å². The van der Waals surface area contributed by atoms with Crippen LogP contribution in [-0.2, 0) is 11.3 Å². The molecule has 0 radical (unpaired) electrons. The number of ether oxygens (including phenoxy) is 1. The highest BCUT2D eigenvalue weighted by atomic mass is 16.5. The molecule has 144 valence electrons. The van der Waals surface area contributed by atoms with Crippen LogP contribution in [0.5, 0.6) is 0 Å². The number of rotatable bonds is 5. The van der Waals surface area contributed by atoms with Crippen LogP contribution in [-0.4, -0.2) is 74.4 Å². The van der Waals surface area contributed by atoms with Crippen LogP contribution >= 0.6 is 0 Å². The van der Waals surface area contributed by atoms with Gasteiger partial charge in [0.15, 0.2) is 17.0 Å². The molecule has 28 heavy (non-hydrogen) atoms. The first kappa shape index (κ1) is 16.9. The van der Waals surface area contributed by atoms with Crippen molar-refractivity contribution in [3.8, 4) is 0 Å². The predicted molar refractivity (Wildman–Crippen MR) is 106 cm³/mol. The molecule has 0 saturated carbocycles. The lowest BCUT2D eigenvalue weighted by atomic mass is 10.2. The van der Waals surface area contributed by atoms with Gasteiger partial charge in [0, 0.05) is 46.0 Å². The molecule has 1 fully saturated rings. The molecular weight excluding hydrogens is 358 g/mol. The molecule has 5 rings (SSSR count). The largest absolute Gasteiger partial charge is 0.383 e. The summed E-state index contributed by atoms with van der Waals surface area (Å²) in [6, 6.07) is 2.03. The third-order valence-electron chi connectivity index (χ3n) is 5.13. The Labute approximate surface area is 161 Å². The molecule has 0 atom stereocenters. The molecule has 0 aliphatic carbocycles. The van der Waals surface area contributed by atoms with Crippen molar-refractivity contribution in [3.63, 3.8) is 0 Å². The number of piperazine rings is 1. The van der Waals surface area contributed by atoms with E-state index in [-0.39, 0.29) is 0 Å². The van der Waals surface area contributed by atoms with Crippen LogP contribution in [0, 0.1) is 0 Å². The Hall–Kier alpha value is -3.27. The Morgan fingerprint density at radius 1 is 0.964 bits per heavy atom. The van der Waals surface area contributed by atoms with Gasteiger partial charge in [-0.3, -0.25) is 0 Å². The van der Waals surface area contributed by atoms with E-state index in [0.29, 0.717) is 6.61 Å². The van der Waals surface area contributed by atoms with Crippen LogP contribution in [0.1, 0.15) is 0 Å². The Kier molecular flexibility index (Phi) is 4.24. The first-order valence-corrected chi connectivity index (χ1v) is 9.28. The minimum Gasteiger partial charge on any atom is -0.383 e. The van der Waals surface area contributed by atoms with Crippen LogP contribution in [0.4, 0.5) is 11.6 Å². The summed E-state index contributed by atoms with van der Waals surface area (Å²) in [6.07, 6.45) is 6.93. The second kappa shape index (κ2) is 7.04. The van der Waals surface area contributed by atoms with Gasteiger partial charge in [0.05, 0.1) is 18.3 Å². The summed E-state index contributed by atoms with van der Waals surface area (Å²) in [6.45, 7) is 4.73. The van der Waals surface area contributed by atoms with Gasteiger partial charge in [-0.1, -0.05) is 0 Å². The van der Waals surface area contributed by atoms with Gasteiger partial charge in [-0.15, -0.1) is 0 Å². The van der Waals surface area contributed by atoms with E-state index < -0.39 is 0 Å². The number of fused-ring (bicyclic) bond motifs is 2. The maximum absolute atomic E-state index is 5.17. The summed E-state index contributed by atoms with van der Waals surface area (Å²) in [4.78, 5) is 30.0. The van der Waals surface area contributed by atoms with E-state index in [4.69, 9.17) is 4.74 Å². The van der Waals surface area contributed by atoms with Gasteiger partial charge < -0.3 is 24.1 Å². The van der Waals surface area contributed by atoms with Crippen LogP contribution in [0.2, 0.25) is 0 Å². The number of methoxy groups -OCH3 is 1. The number of imidazole rings is 1. The molecule has 1 aliphatic rings. The normalized spacial score (nSPS) is 15.0. The van der Waals surface area contributed by atoms with Gasteiger partial charge in [-0.05, 0) is 6.07 Å². The average Bonchev–Trinajstić information content (AvgIpc) is 3.39. The summed E-state index contributed by atoms with van der Waals surface area (Å²) in [5, 5.41) is 1.05. The van der Waals surface area contributed by atoms with Crippen LogP contribution in [0.15, 0.2) is 31.2 Å². The van der Waals surface area contributed by atoms with Crippen LogP contribution < -0.4 is 9.80 Å². The van der Waals surface area contributed by atoms with Crippen molar-refractivity contribution < 1.29 is 4.74 Å². The number of H-pyrrole nitrogens is 1. The number of anilines is 2. The lowest BCUT2D eigenvalue weighted by molar-refractivity contribution is 0.188. The predicted octanol–water partition coefficient (Wildman–Crippen LogP) is 1.07. The average molecular weight is 379 g/mol. The first-order chi connectivity index (χ1) is 13.8. The lowest BCUT2D eigenvalue weighted by Gasteiger charge is -2.36. The van der Waals surface area contributed by atoms with E-state index in [1.807, 2.05) is 23.2 Å². The fourth-order valence-electron chi connectivity index (χ4n) is 3.69. The maximum Gasteiger partial charge on any atom is 0.165 e. The molecule has 4 aromatic rings. The molecule has 1 saturated heterocycles. The Morgan fingerprint density at radius 3 is 2.54 bits per heavy atom. The number of nitrogens with zero attached hydrogens (tertiary/aromatic N) is 8. The van der Waals surface area contributed by atoms with E-state index in [9.17, 15) is 0 Å². The van der Waals surface area contributed by atoms with Crippen LogP contribution in [0.3, 0.4) is 0 Å². The van der Waals surface area contributed by atoms with E-state index in [2.05, 4.69) is 39.7 Å². The van der Waals surface area contributed by atoms with E-state index in [1.165, 1.54) is 0 Å². The zero-order chi connectivity index (χ0) is 18.9. The van der Waals surface area contributed by atoms with E-state index in [1.54, 1.807) is 19.8 Å². The highest BCUT2D eigenvalue weighted by Crippen LogP contribution is 2.26. The Balaban J connectivity index is 1.37. The fraction of sp³-hybridized carbons (Fsp3) is 0.389. The van der Waals surface area contributed by atoms with Crippen molar-refractivity contribution in [2.45, 2.75) is 6.54 Å². The number of aromatic nitrogens is 7. The maximum atomic E-state index is 5.17. The van der Waals surface area contributed by atoms with Gasteiger partial charge in [-0.2, -0.15) is 0 Å². The van der Waals surface area contributed by atoms with Gasteiger partial charge in [0.1, 0.15) is 24.1 Å². The zero-order valence-electron chi connectivity index (χ0n) is 15.6. The number of hydrogen-bond acceptors (Lipinski definition) is 8. The molecule has 0 amide bonds. The van der Waals surface area contributed by atoms with Crippen LogP contribution in [0.25, 0.3) is 22.2 Å². The summed E-state index contributed by atoms with van der Waals surface area (Å²) < 4.78 is 7.17. The van der Waals surface area contributed by atoms with Crippen molar-refractivity contribution in [1.29, 1.82) is 0 Å². The van der Waals surface area contributed by atoms with Crippen molar-refractivity contribution in [1.82, 2.24) is 34.5 Å². The molecule has 1 aliphatic heterocycles. The number of aromatic amines is 1. The molecule has 1 N–H and O–H groups in total. The molecule has 10 nitrogen and oxygen atoms in total. The van der Waals surface area contributed by atoms with Gasteiger partial charge in [0.2, 0.25) is 0 Å². The second-order valence-electron chi connectivity index (χ2n) is 6.71. The third-order valence-corrected chi connectivity index (χ3v) is 5.13. The van der Waals surface area contributed by atoms with Crippen molar-refractivity contribution in [2.75, 3.05) is 49.7 Å². The lowest BCUT2D eigenvalue weighted by Crippen LogP contribution is -2.47. The van der Waals surface area contributed by atoms with Gasteiger partial charge in [0.25, 0.3) is 0 Å². The molecule has 0 bridgehead atoms. The summed E-state index contributed by atoms with van der Waals surface area (Å²) in [7, 11) is 1.69. The minimum absolute atomic E-state index is 0.621. The summed E-state index contributed by atoms with van der Waals surface area (Å²) >= 11 is 0. The number of hydrogen-bond donors (Lipinski definition) is 1. The molecular formula is C18H21N9O. The molecule has 0 unspecified atom stereocenters. The van der Waals surface area contributed by atoms with Gasteiger partial charge >= 0.3 is 0 Å². The molecule has 5 heterocycles. The quantitative estimate of drug-likeness (QED) is 0.550. The zero-order valence-corrected chi connectivity index (χ0v) is 15.6. The fourth-order valence-corrected chi connectivity index (χ4v) is 3.69. The van der Waals surface area contributed by atoms with Crippen molar-refractivity contribution in [2.24, 2.45) is 0 Å². The topological polar surface area (TPSA) is 101 Å². The summed E-state index contributed by atoms with van der Waals surface area (Å²) in [5.74, 6) is 1.86. The van der Waals surface area contributed by atoms with Crippen molar-refractivity contribution >= 4 is 33.8 Å². The summed E-state index contributed by atoms with van der Waals surface area (Å²) in [5.41, 5.74) is 2.54. The third kappa shape index (κ3) is 2.82.